The first kappa shape index (κ1) is 21.9. The van der Waals surface area contributed by atoms with Crippen LogP contribution in [0.4, 0.5) is 11.4 Å². The van der Waals surface area contributed by atoms with Crippen molar-refractivity contribution in [3.8, 4) is 0 Å². The number of nitrogens with one attached hydrogen (secondary N) is 2. The Morgan fingerprint density at radius 2 is 1.91 bits per heavy atom. The molecule has 1 saturated heterocycles. The molecule has 7 heteroatoms. The van der Waals surface area contributed by atoms with Gasteiger partial charge in [-0.2, -0.15) is 0 Å². The number of carbonyl (C=O) groups excluding carboxylic acids is 2. The maximum absolute atomic E-state index is 12.9. The molecular formula is C25H29N3O4. The summed E-state index contributed by atoms with van der Waals surface area (Å²) < 4.78 is 11.0. The van der Waals surface area contributed by atoms with Crippen LogP contribution in [-0.4, -0.2) is 38.1 Å². The van der Waals surface area contributed by atoms with Gasteiger partial charge in [0.05, 0.1) is 6.61 Å². The van der Waals surface area contributed by atoms with Crippen LogP contribution in [0.15, 0.2) is 52.9 Å². The monoisotopic (exact) mass is 435 g/mol. The minimum atomic E-state index is -0.368. The van der Waals surface area contributed by atoms with Gasteiger partial charge in [-0.25, -0.2) is 0 Å². The Labute approximate surface area is 187 Å². The molecule has 1 aliphatic rings. The predicted molar refractivity (Wildman–Crippen MR) is 125 cm³/mol. The Kier molecular flexibility index (Phi) is 6.75. The first-order valence-corrected chi connectivity index (χ1v) is 11.0. The number of fused-ring (bicyclic) bond motifs is 1. The molecule has 4 rings (SSSR count). The lowest BCUT2D eigenvalue weighted by Gasteiger charge is -2.19. The van der Waals surface area contributed by atoms with Gasteiger partial charge in [-0.1, -0.05) is 24.3 Å². The molecule has 0 aliphatic carbocycles. The fourth-order valence-electron chi connectivity index (χ4n) is 4.16. The molecule has 1 unspecified atom stereocenters. The van der Waals surface area contributed by atoms with E-state index in [0.717, 1.165) is 29.9 Å². The van der Waals surface area contributed by atoms with Gasteiger partial charge in [0.2, 0.25) is 5.91 Å². The molecule has 32 heavy (non-hydrogen) atoms. The van der Waals surface area contributed by atoms with Crippen LogP contribution < -0.4 is 15.5 Å². The Balaban J connectivity index is 1.37. The number of ether oxygens (including phenoxy) is 1. The topological polar surface area (TPSA) is 83.8 Å². The summed E-state index contributed by atoms with van der Waals surface area (Å²) in [5, 5.41) is 6.66. The normalized spacial score (nSPS) is 14.5. The minimum absolute atomic E-state index is 0.152. The van der Waals surface area contributed by atoms with E-state index in [1.165, 1.54) is 12.8 Å². The number of benzene rings is 2. The summed E-state index contributed by atoms with van der Waals surface area (Å²) >= 11 is 0. The second-order valence-corrected chi connectivity index (χ2v) is 8.21. The molecule has 2 aromatic carbocycles. The van der Waals surface area contributed by atoms with Crippen molar-refractivity contribution in [1.29, 1.82) is 0 Å². The van der Waals surface area contributed by atoms with Crippen molar-refractivity contribution >= 4 is 34.2 Å². The molecule has 7 nitrogen and oxygen atoms in total. The Bertz CT molecular complexity index is 1100. The summed E-state index contributed by atoms with van der Waals surface area (Å²) in [6.45, 7) is 4.17. The van der Waals surface area contributed by atoms with E-state index in [1.54, 1.807) is 14.0 Å². The van der Waals surface area contributed by atoms with Crippen molar-refractivity contribution in [1.82, 2.24) is 5.32 Å². The SMILES string of the molecule is COCc1c(C(=O)NC(C)CC(=O)Nc2cccc(N3CCCC3)c2)oc2ccccc12. The van der Waals surface area contributed by atoms with E-state index in [4.69, 9.17) is 9.15 Å². The highest BCUT2D eigenvalue weighted by Gasteiger charge is 2.22. The maximum Gasteiger partial charge on any atom is 0.287 e. The quantitative estimate of drug-likeness (QED) is 0.550. The maximum atomic E-state index is 12.9. The van der Waals surface area contributed by atoms with Gasteiger partial charge in [-0.05, 0) is 44.0 Å². The molecule has 1 atom stereocenters. The van der Waals surface area contributed by atoms with E-state index in [-0.39, 0.29) is 36.6 Å². The lowest BCUT2D eigenvalue weighted by atomic mass is 10.1. The van der Waals surface area contributed by atoms with Crippen molar-refractivity contribution in [2.24, 2.45) is 0 Å². The fraction of sp³-hybridized carbons (Fsp3) is 0.360. The summed E-state index contributed by atoms with van der Waals surface area (Å²) in [4.78, 5) is 27.7. The van der Waals surface area contributed by atoms with Crippen LogP contribution in [0.1, 0.15) is 42.3 Å². The van der Waals surface area contributed by atoms with Crippen LogP contribution in [0.25, 0.3) is 11.0 Å². The number of furan rings is 1. The number of nitrogens with zero attached hydrogens (tertiary/aromatic N) is 1. The molecule has 1 fully saturated rings. The lowest BCUT2D eigenvalue weighted by molar-refractivity contribution is -0.116. The number of hydrogen-bond donors (Lipinski definition) is 2. The Hall–Kier alpha value is -3.32. The molecule has 2 amide bonds. The van der Waals surface area contributed by atoms with Crippen molar-refractivity contribution in [2.75, 3.05) is 30.4 Å². The fourth-order valence-corrected chi connectivity index (χ4v) is 4.16. The van der Waals surface area contributed by atoms with Gasteiger partial charge in [0.1, 0.15) is 5.58 Å². The molecule has 168 valence electrons. The van der Waals surface area contributed by atoms with Crippen LogP contribution in [0.5, 0.6) is 0 Å². The second-order valence-electron chi connectivity index (χ2n) is 8.21. The van der Waals surface area contributed by atoms with Crippen LogP contribution >= 0.6 is 0 Å². The summed E-state index contributed by atoms with van der Waals surface area (Å²) in [7, 11) is 1.58. The van der Waals surface area contributed by atoms with Crippen molar-refractivity contribution in [2.45, 2.75) is 38.8 Å². The standard InChI is InChI=1S/C25H29N3O4/c1-17(14-23(29)27-18-8-7-9-19(15-18)28-12-5-6-13-28)26-25(30)24-21(16-31-2)20-10-3-4-11-22(20)32-24/h3-4,7-11,15,17H,5-6,12-14,16H2,1-2H3,(H,26,30)(H,27,29). The zero-order valence-corrected chi connectivity index (χ0v) is 18.5. The molecule has 3 aromatic rings. The Morgan fingerprint density at radius 1 is 1.12 bits per heavy atom. The zero-order chi connectivity index (χ0) is 22.5. The second kappa shape index (κ2) is 9.87. The number of hydrogen-bond acceptors (Lipinski definition) is 5. The number of methoxy groups -OCH3 is 1. The average Bonchev–Trinajstić information content (AvgIpc) is 3.43. The first-order valence-electron chi connectivity index (χ1n) is 11.0. The number of para-hydroxylation sites is 1. The summed E-state index contributed by atoms with van der Waals surface area (Å²) in [5.41, 5.74) is 3.22. The molecular weight excluding hydrogens is 406 g/mol. The van der Waals surface area contributed by atoms with E-state index in [9.17, 15) is 9.59 Å². The molecule has 0 bridgehead atoms. The van der Waals surface area contributed by atoms with Gasteiger partial charge in [0, 0.05) is 55.0 Å². The van der Waals surface area contributed by atoms with Crippen LogP contribution in [-0.2, 0) is 16.1 Å². The van der Waals surface area contributed by atoms with Crippen LogP contribution in [0, 0.1) is 0 Å². The predicted octanol–water partition coefficient (Wildman–Crippen LogP) is 4.33. The van der Waals surface area contributed by atoms with Crippen LogP contribution in [0.2, 0.25) is 0 Å². The van der Waals surface area contributed by atoms with E-state index in [2.05, 4.69) is 21.6 Å². The number of carbonyl (C=O) groups is 2. The van der Waals surface area contributed by atoms with Crippen molar-refractivity contribution in [3.63, 3.8) is 0 Å². The van der Waals surface area contributed by atoms with Gasteiger partial charge in [0.15, 0.2) is 5.76 Å². The highest BCUT2D eigenvalue weighted by Crippen LogP contribution is 2.27. The van der Waals surface area contributed by atoms with Crippen molar-refractivity contribution < 1.29 is 18.7 Å². The van der Waals surface area contributed by atoms with Gasteiger partial charge in [0.25, 0.3) is 5.91 Å². The molecule has 2 heterocycles. The third-order valence-electron chi connectivity index (χ3n) is 5.66. The molecule has 2 N–H and O–H groups in total. The molecule has 1 aliphatic heterocycles. The largest absolute Gasteiger partial charge is 0.451 e. The van der Waals surface area contributed by atoms with Gasteiger partial charge in [-0.15, -0.1) is 0 Å². The first-order chi connectivity index (χ1) is 15.5. The number of amides is 2. The molecule has 0 radical (unpaired) electrons. The van der Waals surface area contributed by atoms with E-state index < -0.39 is 0 Å². The summed E-state index contributed by atoms with van der Waals surface area (Å²) in [5.74, 6) is -0.290. The van der Waals surface area contributed by atoms with Crippen molar-refractivity contribution in [3.05, 3.63) is 59.9 Å². The highest BCUT2D eigenvalue weighted by atomic mass is 16.5. The van der Waals surface area contributed by atoms with E-state index in [0.29, 0.717) is 11.1 Å². The Morgan fingerprint density at radius 3 is 2.69 bits per heavy atom. The molecule has 1 aromatic heterocycles. The van der Waals surface area contributed by atoms with Gasteiger partial charge < -0.3 is 24.7 Å². The average molecular weight is 436 g/mol. The summed E-state index contributed by atoms with van der Waals surface area (Å²) in [6.07, 6.45) is 2.55. The lowest BCUT2D eigenvalue weighted by Crippen LogP contribution is -2.35. The number of anilines is 2. The number of rotatable bonds is 8. The highest BCUT2D eigenvalue weighted by molar-refractivity contribution is 5.99. The van der Waals surface area contributed by atoms with Gasteiger partial charge >= 0.3 is 0 Å². The smallest absolute Gasteiger partial charge is 0.287 e. The molecule has 0 spiro atoms. The van der Waals surface area contributed by atoms with Gasteiger partial charge in [-0.3, -0.25) is 9.59 Å². The minimum Gasteiger partial charge on any atom is -0.451 e. The third-order valence-corrected chi connectivity index (χ3v) is 5.66. The van der Waals surface area contributed by atoms with E-state index in [1.807, 2.05) is 42.5 Å². The zero-order valence-electron chi connectivity index (χ0n) is 18.5. The summed E-state index contributed by atoms with van der Waals surface area (Å²) in [6, 6.07) is 15.0. The van der Waals surface area contributed by atoms with Crippen LogP contribution in [0.3, 0.4) is 0 Å². The third kappa shape index (κ3) is 4.94. The molecule has 0 saturated carbocycles. The van der Waals surface area contributed by atoms with E-state index >= 15 is 0 Å².